The molecule has 0 radical (unpaired) electrons. The molecule has 0 atom stereocenters. The molecule has 0 unspecified atom stereocenters. The van der Waals surface area contributed by atoms with Crippen LogP contribution in [0.3, 0.4) is 0 Å². The monoisotopic (exact) mass is 215 g/mol. The lowest BCUT2D eigenvalue weighted by Crippen LogP contribution is -2.14. The van der Waals surface area contributed by atoms with Gasteiger partial charge in [0.15, 0.2) is 0 Å². The average molecular weight is 215 g/mol. The average Bonchev–Trinajstić information content (AvgIpc) is 2.75. The zero-order valence-corrected chi connectivity index (χ0v) is 9.79. The maximum atomic E-state index is 5.27. The number of hydrogen-bond acceptors (Lipinski definition) is 2. The molecule has 1 heterocycles. The van der Waals surface area contributed by atoms with Crippen molar-refractivity contribution in [1.82, 2.24) is 5.32 Å². The third-order valence-corrected chi connectivity index (χ3v) is 2.83. The molecule has 0 amide bonds. The Morgan fingerprint density at radius 2 is 1.75 bits per heavy atom. The summed E-state index contributed by atoms with van der Waals surface area (Å²) in [7, 11) is 0. The van der Waals surface area contributed by atoms with E-state index in [0.717, 1.165) is 18.8 Å². The molecule has 1 aromatic heterocycles. The molecule has 0 aliphatic rings. The van der Waals surface area contributed by atoms with Crippen molar-refractivity contribution in [2.45, 2.75) is 26.9 Å². The quantitative estimate of drug-likeness (QED) is 0.847. The predicted octanol–water partition coefficient (Wildman–Crippen LogP) is 3.19. The van der Waals surface area contributed by atoms with E-state index in [1.54, 1.807) is 6.26 Å². The Balaban J connectivity index is 1.95. The molecule has 0 saturated carbocycles. The van der Waals surface area contributed by atoms with Crippen LogP contribution in [0.4, 0.5) is 0 Å². The zero-order valence-electron chi connectivity index (χ0n) is 9.79. The minimum atomic E-state index is 0.779. The van der Waals surface area contributed by atoms with Crippen LogP contribution in [0.1, 0.15) is 22.5 Å². The molecule has 0 spiro atoms. The fourth-order valence-electron chi connectivity index (χ4n) is 1.85. The molecule has 2 rings (SSSR count). The normalized spacial score (nSPS) is 10.6. The first-order valence-electron chi connectivity index (χ1n) is 5.55. The van der Waals surface area contributed by atoms with Gasteiger partial charge in [0.25, 0.3) is 0 Å². The van der Waals surface area contributed by atoms with E-state index in [1.165, 1.54) is 16.7 Å². The van der Waals surface area contributed by atoms with Gasteiger partial charge in [0.05, 0.1) is 12.8 Å². The summed E-state index contributed by atoms with van der Waals surface area (Å²) >= 11 is 0. The van der Waals surface area contributed by atoms with E-state index in [0.29, 0.717) is 0 Å². The zero-order chi connectivity index (χ0) is 11.4. The summed E-state index contributed by atoms with van der Waals surface area (Å²) < 4.78 is 5.27. The summed E-state index contributed by atoms with van der Waals surface area (Å²) in [6, 6.07) is 10.3. The fraction of sp³-hybridized carbons (Fsp3) is 0.286. The number of hydrogen-bond donors (Lipinski definition) is 1. The number of furan rings is 1. The Kier molecular flexibility index (Phi) is 3.42. The Hall–Kier alpha value is -1.54. The van der Waals surface area contributed by atoms with Crippen LogP contribution in [0.2, 0.25) is 0 Å². The molecule has 0 fully saturated rings. The molecular formula is C14H17NO. The van der Waals surface area contributed by atoms with E-state index in [2.05, 4.69) is 37.4 Å². The highest BCUT2D eigenvalue weighted by atomic mass is 16.3. The van der Waals surface area contributed by atoms with Crippen molar-refractivity contribution in [2.24, 2.45) is 0 Å². The van der Waals surface area contributed by atoms with E-state index in [9.17, 15) is 0 Å². The largest absolute Gasteiger partial charge is 0.468 e. The minimum Gasteiger partial charge on any atom is -0.468 e. The number of rotatable bonds is 4. The van der Waals surface area contributed by atoms with Gasteiger partial charge in [0, 0.05) is 6.54 Å². The second-order valence-corrected chi connectivity index (χ2v) is 4.05. The van der Waals surface area contributed by atoms with Gasteiger partial charge in [-0.25, -0.2) is 0 Å². The van der Waals surface area contributed by atoms with Gasteiger partial charge < -0.3 is 9.73 Å². The van der Waals surface area contributed by atoms with Crippen molar-refractivity contribution in [1.29, 1.82) is 0 Å². The molecule has 0 bridgehead atoms. The van der Waals surface area contributed by atoms with Crippen molar-refractivity contribution < 1.29 is 4.42 Å². The van der Waals surface area contributed by atoms with E-state index in [-0.39, 0.29) is 0 Å². The molecule has 1 aromatic carbocycles. The Morgan fingerprint density at radius 3 is 2.38 bits per heavy atom. The summed E-state index contributed by atoms with van der Waals surface area (Å²) in [5.74, 6) is 0.978. The maximum absolute atomic E-state index is 5.27. The van der Waals surface area contributed by atoms with Crippen LogP contribution in [0.5, 0.6) is 0 Å². The van der Waals surface area contributed by atoms with Crippen LogP contribution in [0.15, 0.2) is 41.0 Å². The maximum Gasteiger partial charge on any atom is 0.117 e. The van der Waals surface area contributed by atoms with Crippen molar-refractivity contribution in [3.8, 4) is 0 Å². The van der Waals surface area contributed by atoms with Crippen LogP contribution in [0.25, 0.3) is 0 Å². The van der Waals surface area contributed by atoms with Crippen LogP contribution >= 0.6 is 0 Å². The summed E-state index contributed by atoms with van der Waals surface area (Å²) in [5.41, 5.74) is 4.06. The van der Waals surface area contributed by atoms with Gasteiger partial charge in [-0.3, -0.25) is 0 Å². The van der Waals surface area contributed by atoms with Gasteiger partial charge >= 0.3 is 0 Å². The molecule has 2 nitrogen and oxygen atoms in total. The van der Waals surface area contributed by atoms with Crippen LogP contribution in [-0.4, -0.2) is 0 Å². The number of nitrogens with one attached hydrogen (secondary N) is 1. The number of benzene rings is 1. The highest BCUT2D eigenvalue weighted by Gasteiger charge is 2.01. The van der Waals surface area contributed by atoms with Crippen molar-refractivity contribution >= 4 is 0 Å². The Morgan fingerprint density at radius 1 is 1.00 bits per heavy atom. The van der Waals surface area contributed by atoms with Gasteiger partial charge in [-0.1, -0.05) is 18.2 Å². The van der Waals surface area contributed by atoms with Crippen LogP contribution in [-0.2, 0) is 13.1 Å². The number of aryl methyl sites for hydroxylation is 2. The second-order valence-electron chi connectivity index (χ2n) is 4.05. The molecule has 0 saturated heterocycles. The first-order valence-corrected chi connectivity index (χ1v) is 5.55. The molecular weight excluding hydrogens is 198 g/mol. The highest BCUT2D eigenvalue weighted by Crippen LogP contribution is 2.13. The second kappa shape index (κ2) is 4.99. The molecule has 1 N–H and O–H groups in total. The molecule has 2 heteroatoms. The summed E-state index contributed by atoms with van der Waals surface area (Å²) in [6.45, 7) is 5.97. The third kappa shape index (κ3) is 2.52. The fourth-order valence-corrected chi connectivity index (χ4v) is 1.85. The first-order chi connectivity index (χ1) is 7.77. The van der Waals surface area contributed by atoms with E-state index < -0.39 is 0 Å². The van der Waals surface area contributed by atoms with Gasteiger partial charge in [-0.15, -0.1) is 0 Å². The van der Waals surface area contributed by atoms with Gasteiger partial charge in [-0.05, 0) is 42.7 Å². The summed E-state index contributed by atoms with van der Waals surface area (Å²) in [5, 5.41) is 3.39. The van der Waals surface area contributed by atoms with Gasteiger partial charge in [0.1, 0.15) is 5.76 Å². The van der Waals surface area contributed by atoms with E-state index in [4.69, 9.17) is 4.42 Å². The van der Waals surface area contributed by atoms with Crippen molar-refractivity contribution in [2.75, 3.05) is 0 Å². The molecule has 2 aromatic rings. The van der Waals surface area contributed by atoms with Crippen molar-refractivity contribution in [3.63, 3.8) is 0 Å². The minimum absolute atomic E-state index is 0.779. The Labute approximate surface area is 96.3 Å². The summed E-state index contributed by atoms with van der Waals surface area (Å²) in [4.78, 5) is 0. The standard InChI is InChI=1S/C14H17NO/c1-11-5-3-6-12(2)14(11)10-15-9-13-7-4-8-16-13/h3-8,15H,9-10H2,1-2H3. The molecule has 84 valence electrons. The molecule has 0 aliphatic carbocycles. The predicted molar refractivity (Wildman–Crippen MR) is 65.2 cm³/mol. The Bertz CT molecular complexity index is 426. The van der Waals surface area contributed by atoms with E-state index in [1.807, 2.05) is 12.1 Å². The lowest BCUT2D eigenvalue weighted by molar-refractivity contribution is 0.482. The van der Waals surface area contributed by atoms with Gasteiger partial charge in [0.2, 0.25) is 0 Å². The van der Waals surface area contributed by atoms with Crippen molar-refractivity contribution in [3.05, 3.63) is 59.0 Å². The lowest BCUT2D eigenvalue weighted by Gasteiger charge is -2.09. The highest BCUT2D eigenvalue weighted by molar-refractivity contribution is 5.33. The third-order valence-electron chi connectivity index (χ3n) is 2.83. The molecule has 0 aliphatic heterocycles. The SMILES string of the molecule is Cc1cccc(C)c1CNCc1ccco1. The van der Waals surface area contributed by atoms with Gasteiger partial charge in [-0.2, -0.15) is 0 Å². The smallest absolute Gasteiger partial charge is 0.117 e. The summed E-state index contributed by atoms with van der Waals surface area (Å²) in [6.07, 6.45) is 1.70. The molecule has 16 heavy (non-hydrogen) atoms. The topological polar surface area (TPSA) is 25.2 Å². The first kappa shape index (κ1) is 11.0. The van der Waals surface area contributed by atoms with Crippen LogP contribution < -0.4 is 5.32 Å². The van der Waals surface area contributed by atoms with Crippen LogP contribution in [0, 0.1) is 13.8 Å². The lowest BCUT2D eigenvalue weighted by atomic mass is 10.0. The van der Waals surface area contributed by atoms with E-state index >= 15 is 0 Å².